The van der Waals surface area contributed by atoms with Gasteiger partial charge >= 0.3 is 6.18 Å². The van der Waals surface area contributed by atoms with Crippen molar-refractivity contribution in [1.82, 2.24) is 5.43 Å². The van der Waals surface area contributed by atoms with E-state index in [0.29, 0.717) is 0 Å². The Hall–Kier alpha value is -3.36. The summed E-state index contributed by atoms with van der Waals surface area (Å²) in [5.41, 5.74) is 1.79. The molecule has 0 atom stereocenters. The lowest BCUT2D eigenvalue weighted by molar-refractivity contribution is -0.137. The Morgan fingerprint density at radius 1 is 1.11 bits per heavy atom. The molecule has 3 N–H and O–H groups in total. The number of aromatic hydroxyl groups is 1. The third-order valence-electron chi connectivity index (χ3n) is 3.35. The van der Waals surface area contributed by atoms with Crippen LogP contribution in [0.4, 0.5) is 18.9 Å². The first kappa shape index (κ1) is 20.0. The summed E-state index contributed by atoms with van der Waals surface area (Å²) in [5.74, 6) is -1.24. The third kappa shape index (κ3) is 6.14. The predicted octanol–water partition coefficient (Wildman–Crippen LogP) is 3.55. The van der Waals surface area contributed by atoms with Crippen molar-refractivity contribution >= 4 is 23.2 Å². The summed E-state index contributed by atoms with van der Waals surface area (Å²) in [6.45, 7) is 1.48. The Labute approximate surface area is 152 Å². The molecule has 0 aliphatic carbocycles. The molecular weight excluding hydrogens is 363 g/mol. The van der Waals surface area contributed by atoms with Crippen molar-refractivity contribution in [3.8, 4) is 5.75 Å². The van der Waals surface area contributed by atoms with Crippen molar-refractivity contribution in [3.63, 3.8) is 0 Å². The summed E-state index contributed by atoms with van der Waals surface area (Å²) in [6, 6.07) is 9.87. The van der Waals surface area contributed by atoms with Crippen LogP contribution in [0.25, 0.3) is 0 Å². The molecule has 0 saturated heterocycles. The van der Waals surface area contributed by atoms with Crippen LogP contribution in [0.1, 0.15) is 29.3 Å². The summed E-state index contributed by atoms with van der Waals surface area (Å²) in [5, 5.41) is 15.4. The van der Waals surface area contributed by atoms with E-state index in [-0.39, 0.29) is 29.1 Å². The van der Waals surface area contributed by atoms with Crippen molar-refractivity contribution in [3.05, 3.63) is 59.7 Å². The number of alkyl halides is 3. The van der Waals surface area contributed by atoms with Gasteiger partial charge in [0.25, 0.3) is 5.91 Å². The number of carbonyl (C=O) groups is 2. The zero-order valence-electron chi connectivity index (χ0n) is 14.2. The van der Waals surface area contributed by atoms with Gasteiger partial charge in [0.2, 0.25) is 5.91 Å². The van der Waals surface area contributed by atoms with Crippen molar-refractivity contribution in [2.45, 2.75) is 19.5 Å². The molecule has 6 nitrogen and oxygen atoms in total. The van der Waals surface area contributed by atoms with Gasteiger partial charge < -0.3 is 10.4 Å². The van der Waals surface area contributed by atoms with Crippen LogP contribution in [0.3, 0.4) is 0 Å². The van der Waals surface area contributed by atoms with Gasteiger partial charge in [-0.1, -0.05) is 12.1 Å². The van der Waals surface area contributed by atoms with E-state index < -0.39 is 23.6 Å². The summed E-state index contributed by atoms with van der Waals surface area (Å²) < 4.78 is 38.0. The second-order valence-corrected chi connectivity index (χ2v) is 5.64. The number of carbonyl (C=O) groups excluding carboxylic acids is 2. The summed E-state index contributed by atoms with van der Waals surface area (Å²) in [6.07, 6.45) is -4.73. The van der Waals surface area contributed by atoms with E-state index in [1.807, 2.05) is 0 Å². The Balaban J connectivity index is 1.93. The number of phenols is 1. The monoisotopic (exact) mass is 379 g/mol. The maximum Gasteiger partial charge on any atom is 0.416 e. The van der Waals surface area contributed by atoms with Gasteiger partial charge in [-0.05, 0) is 43.3 Å². The smallest absolute Gasteiger partial charge is 0.416 e. The molecule has 0 radical (unpaired) electrons. The first-order chi connectivity index (χ1) is 12.6. The normalized spacial score (nSPS) is 11.8. The first-order valence-corrected chi connectivity index (χ1v) is 7.75. The van der Waals surface area contributed by atoms with E-state index in [1.54, 1.807) is 0 Å². The molecule has 0 spiro atoms. The second kappa shape index (κ2) is 8.35. The zero-order valence-corrected chi connectivity index (χ0v) is 14.2. The number of rotatable bonds is 5. The highest BCUT2D eigenvalue weighted by Gasteiger charge is 2.30. The van der Waals surface area contributed by atoms with Crippen LogP contribution in [-0.2, 0) is 11.0 Å². The fourth-order valence-electron chi connectivity index (χ4n) is 2.11. The number of nitrogens with zero attached hydrogens (tertiary/aromatic N) is 1. The van der Waals surface area contributed by atoms with Gasteiger partial charge in [0, 0.05) is 17.0 Å². The van der Waals surface area contributed by atoms with E-state index in [2.05, 4.69) is 15.8 Å². The molecule has 2 rings (SSSR count). The minimum absolute atomic E-state index is 0.00595. The SMILES string of the molecule is C/C(CC(=O)Nc1cccc(C(F)(F)F)c1)=N/NC(=O)c1cccc(O)c1. The lowest BCUT2D eigenvalue weighted by Crippen LogP contribution is -2.21. The molecule has 27 heavy (non-hydrogen) atoms. The van der Waals surface area contributed by atoms with Gasteiger partial charge in [0.1, 0.15) is 5.75 Å². The zero-order chi connectivity index (χ0) is 20.0. The van der Waals surface area contributed by atoms with E-state index >= 15 is 0 Å². The van der Waals surface area contributed by atoms with E-state index in [9.17, 15) is 27.9 Å². The molecular formula is C18H16F3N3O3. The molecule has 9 heteroatoms. The van der Waals surface area contributed by atoms with Crippen molar-refractivity contribution in [2.24, 2.45) is 5.10 Å². The highest BCUT2D eigenvalue weighted by atomic mass is 19.4. The Bertz CT molecular complexity index is 879. The fourth-order valence-corrected chi connectivity index (χ4v) is 2.11. The maximum atomic E-state index is 12.7. The van der Waals surface area contributed by atoms with E-state index in [4.69, 9.17) is 0 Å². The summed E-state index contributed by atoms with van der Waals surface area (Å²) in [7, 11) is 0. The molecule has 0 saturated carbocycles. The maximum absolute atomic E-state index is 12.7. The lowest BCUT2D eigenvalue weighted by Gasteiger charge is -2.10. The molecule has 2 aromatic rings. The van der Waals surface area contributed by atoms with E-state index in [1.165, 1.54) is 43.3 Å². The Morgan fingerprint density at radius 3 is 2.48 bits per heavy atom. The average Bonchev–Trinajstić information content (AvgIpc) is 2.59. The highest BCUT2D eigenvalue weighted by molar-refractivity contribution is 6.06. The van der Waals surface area contributed by atoms with Crippen LogP contribution >= 0.6 is 0 Å². The molecule has 0 aromatic heterocycles. The number of halogens is 3. The lowest BCUT2D eigenvalue weighted by atomic mass is 10.2. The number of amides is 2. The number of hydrazone groups is 1. The number of phenolic OH excluding ortho intramolecular Hbond substituents is 1. The number of hydrogen-bond donors (Lipinski definition) is 3. The molecule has 2 amide bonds. The summed E-state index contributed by atoms with van der Waals surface area (Å²) >= 11 is 0. The summed E-state index contributed by atoms with van der Waals surface area (Å²) in [4.78, 5) is 23.8. The Morgan fingerprint density at radius 2 is 1.81 bits per heavy atom. The number of nitrogens with one attached hydrogen (secondary N) is 2. The van der Waals surface area contributed by atoms with Crippen LogP contribution < -0.4 is 10.7 Å². The van der Waals surface area contributed by atoms with Gasteiger partial charge in [-0.3, -0.25) is 9.59 Å². The molecule has 2 aromatic carbocycles. The van der Waals surface area contributed by atoms with Crippen LogP contribution in [0.2, 0.25) is 0 Å². The molecule has 0 unspecified atom stereocenters. The van der Waals surface area contributed by atoms with Gasteiger partial charge in [-0.2, -0.15) is 18.3 Å². The largest absolute Gasteiger partial charge is 0.508 e. The first-order valence-electron chi connectivity index (χ1n) is 7.75. The quantitative estimate of drug-likeness (QED) is 0.548. The average molecular weight is 379 g/mol. The molecule has 142 valence electrons. The topological polar surface area (TPSA) is 90.8 Å². The molecule has 0 fully saturated rings. The number of hydrogen-bond acceptors (Lipinski definition) is 4. The number of benzene rings is 2. The highest BCUT2D eigenvalue weighted by Crippen LogP contribution is 2.30. The van der Waals surface area contributed by atoms with Crippen molar-refractivity contribution < 1.29 is 27.9 Å². The van der Waals surface area contributed by atoms with Crippen LogP contribution in [-0.4, -0.2) is 22.6 Å². The minimum atomic E-state index is -4.51. The van der Waals surface area contributed by atoms with E-state index in [0.717, 1.165) is 12.1 Å². The number of anilines is 1. The minimum Gasteiger partial charge on any atom is -0.508 e. The van der Waals surface area contributed by atoms with Crippen LogP contribution in [0.15, 0.2) is 53.6 Å². The predicted molar refractivity (Wildman–Crippen MR) is 93.4 cm³/mol. The van der Waals surface area contributed by atoms with Gasteiger partial charge in [-0.15, -0.1) is 0 Å². The van der Waals surface area contributed by atoms with Gasteiger partial charge in [-0.25, -0.2) is 5.43 Å². The van der Waals surface area contributed by atoms with Gasteiger partial charge in [0.15, 0.2) is 0 Å². The molecule has 0 bridgehead atoms. The molecule has 0 heterocycles. The second-order valence-electron chi connectivity index (χ2n) is 5.64. The van der Waals surface area contributed by atoms with Crippen LogP contribution in [0, 0.1) is 0 Å². The van der Waals surface area contributed by atoms with Crippen LogP contribution in [0.5, 0.6) is 5.75 Å². The standard InChI is InChI=1S/C18H16F3N3O3/c1-11(23-24-17(27)12-4-2-7-15(25)9-12)8-16(26)22-14-6-3-5-13(10-14)18(19,20)21/h2-7,9-10,25H,8H2,1H3,(H,22,26)(H,24,27)/b23-11-. The fraction of sp³-hybridized carbons (Fsp3) is 0.167. The molecule has 0 aliphatic rings. The third-order valence-corrected chi connectivity index (χ3v) is 3.35. The Kier molecular flexibility index (Phi) is 6.17. The van der Waals surface area contributed by atoms with Gasteiger partial charge in [0.05, 0.1) is 12.0 Å². The van der Waals surface area contributed by atoms with Crippen molar-refractivity contribution in [1.29, 1.82) is 0 Å². The van der Waals surface area contributed by atoms with Crippen molar-refractivity contribution in [2.75, 3.05) is 5.32 Å². The molecule has 0 aliphatic heterocycles.